The van der Waals surface area contributed by atoms with Gasteiger partial charge in [0.1, 0.15) is 6.61 Å². The Hall–Kier alpha value is -3.45. The lowest BCUT2D eigenvalue weighted by atomic mass is 9.83. The number of rotatable bonds is 10. The molecule has 2 heterocycles. The molecule has 0 radical (unpaired) electrons. The van der Waals surface area contributed by atoms with Crippen LogP contribution in [0, 0.1) is 0 Å². The third kappa shape index (κ3) is 5.62. The van der Waals surface area contributed by atoms with Crippen molar-refractivity contribution < 1.29 is 42.4 Å². The summed E-state index contributed by atoms with van der Waals surface area (Å²) in [5.74, 6) is -0.606. The summed E-state index contributed by atoms with van der Waals surface area (Å²) < 4.78 is 58.4. The van der Waals surface area contributed by atoms with E-state index < -0.39 is 40.5 Å². The second-order valence-electron chi connectivity index (χ2n) is 8.39. The summed E-state index contributed by atoms with van der Waals surface area (Å²) in [6, 6.07) is 4.85. The molecule has 0 fully saturated rings. The Labute approximate surface area is 213 Å². The fourth-order valence-corrected chi connectivity index (χ4v) is 3.90. The number of alkyl halides is 3. The highest BCUT2D eigenvalue weighted by atomic mass is 35.5. The molecule has 37 heavy (non-hydrogen) atoms. The number of nitrogens with one attached hydrogen (secondary N) is 1. The molecule has 0 saturated carbocycles. The monoisotopic (exact) mass is 545 g/mol. The predicted octanol–water partition coefficient (Wildman–Crippen LogP) is 3.26. The summed E-state index contributed by atoms with van der Waals surface area (Å²) in [5.41, 5.74) is 3.24. The number of hydrogen-bond acceptors (Lipinski definition) is 8. The van der Waals surface area contributed by atoms with Crippen molar-refractivity contribution >= 4 is 17.5 Å². The molecule has 1 aromatic carbocycles. The average Bonchev–Trinajstić information content (AvgIpc) is 3.20. The number of azide groups is 1. The lowest BCUT2D eigenvalue weighted by Crippen LogP contribution is -2.51. The number of nitrogens with zero attached hydrogens (tertiary/aromatic N) is 4. The van der Waals surface area contributed by atoms with Gasteiger partial charge in [-0.25, -0.2) is 4.98 Å². The first-order valence-electron chi connectivity index (χ1n) is 10.7. The molecule has 0 spiro atoms. The summed E-state index contributed by atoms with van der Waals surface area (Å²) in [6.45, 7) is -0.173. The van der Waals surface area contributed by atoms with Crippen molar-refractivity contribution in [2.24, 2.45) is 5.11 Å². The molecule has 2 unspecified atom stereocenters. The number of ether oxygens (including phenoxy) is 3. The molecule has 0 saturated heterocycles. The highest BCUT2D eigenvalue weighted by Gasteiger charge is 2.57. The van der Waals surface area contributed by atoms with Crippen LogP contribution < -0.4 is 19.5 Å². The Balaban J connectivity index is 1.92. The van der Waals surface area contributed by atoms with Gasteiger partial charge < -0.3 is 29.7 Å². The molecule has 2 atom stereocenters. The first kappa shape index (κ1) is 28.1. The van der Waals surface area contributed by atoms with Crippen molar-refractivity contribution in [2.75, 3.05) is 40.0 Å². The van der Waals surface area contributed by atoms with Crippen molar-refractivity contribution in [3.63, 3.8) is 0 Å². The first-order valence-corrected chi connectivity index (χ1v) is 11.1. The highest BCUT2D eigenvalue weighted by molar-refractivity contribution is 6.31. The number of pyridine rings is 1. The van der Waals surface area contributed by atoms with Gasteiger partial charge >= 0.3 is 6.18 Å². The summed E-state index contributed by atoms with van der Waals surface area (Å²) >= 11 is 6.09. The van der Waals surface area contributed by atoms with E-state index in [0.717, 1.165) is 6.07 Å². The normalized spacial score (nSPS) is 18.2. The Kier molecular flexibility index (Phi) is 8.28. The number of halogens is 4. The fourth-order valence-electron chi connectivity index (χ4n) is 3.66. The van der Waals surface area contributed by atoms with E-state index >= 15 is 0 Å². The molecule has 3 rings (SSSR count). The maximum Gasteiger partial charge on any atom is 0.424 e. The number of aromatic nitrogens is 1. The maximum atomic E-state index is 14.2. The van der Waals surface area contributed by atoms with Crippen molar-refractivity contribution in [3.05, 3.63) is 56.7 Å². The molecule has 3 N–H and O–H groups in total. The van der Waals surface area contributed by atoms with E-state index in [1.54, 1.807) is 6.92 Å². The van der Waals surface area contributed by atoms with Gasteiger partial charge in [-0.15, -0.1) is 0 Å². The number of fused-ring (bicyclic) bond motifs is 1. The molecule has 0 bridgehead atoms. The molecule has 2 aromatic rings. The van der Waals surface area contributed by atoms with Crippen molar-refractivity contribution in [1.82, 2.24) is 10.3 Å². The van der Waals surface area contributed by atoms with Crippen LogP contribution in [-0.4, -0.2) is 67.3 Å². The van der Waals surface area contributed by atoms with Crippen LogP contribution in [0.5, 0.6) is 17.2 Å². The highest BCUT2D eigenvalue weighted by Crippen LogP contribution is 2.46. The van der Waals surface area contributed by atoms with E-state index in [4.69, 9.17) is 36.4 Å². The zero-order valence-electron chi connectivity index (χ0n) is 19.7. The van der Waals surface area contributed by atoms with Gasteiger partial charge in [-0.05, 0) is 29.8 Å². The van der Waals surface area contributed by atoms with Crippen LogP contribution in [0.3, 0.4) is 0 Å². The van der Waals surface area contributed by atoms with Gasteiger partial charge in [0.2, 0.25) is 5.60 Å². The Morgan fingerprint density at radius 3 is 2.73 bits per heavy atom. The molecular formula is C22H23ClF3N5O6. The number of carbonyl (C=O) groups is 1. The van der Waals surface area contributed by atoms with Crippen LogP contribution in [0.15, 0.2) is 29.4 Å². The zero-order valence-corrected chi connectivity index (χ0v) is 20.4. The minimum absolute atomic E-state index is 0.0187. The maximum absolute atomic E-state index is 14.2. The summed E-state index contributed by atoms with van der Waals surface area (Å²) in [4.78, 5) is 19.1. The smallest absolute Gasteiger partial charge is 0.424 e. The molecule has 0 aliphatic carbocycles. The van der Waals surface area contributed by atoms with Crippen molar-refractivity contribution in [1.29, 1.82) is 0 Å². The molecule has 1 amide bonds. The summed E-state index contributed by atoms with van der Waals surface area (Å²) in [7, 11) is 1.30. The Morgan fingerprint density at radius 1 is 1.38 bits per heavy atom. The molecule has 200 valence electrons. The molecule has 15 heteroatoms. The molecule has 1 aliphatic rings. The van der Waals surface area contributed by atoms with E-state index in [-0.39, 0.29) is 54.7 Å². The number of aliphatic hydroxyl groups excluding tert-OH is 1. The average molecular weight is 546 g/mol. The van der Waals surface area contributed by atoms with Crippen LogP contribution in [0.2, 0.25) is 5.15 Å². The van der Waals surface area contributed by atoms with Gasteiger partial charge in [-0.3, -0.25) is 4.79 Å². The van der Waals surface area contributed by atoms with Gasteiger partial charge in [-0.2, -0.15) is 13.2 Å². The molecular weight excluding hydrogens is 523 g/mol. The fraction of sp³-hybridized carbons (Fsp3) is 0.455. The topological polar surface area (TPSA) is 159 Å². The first-order chi connectivity index (χ1) is 17.4. The Bertz CT molecular complexity index is 1230. The van der Waals surface area contributed by atoms with E-state index in [1.165, 1.54) is 25.3 Å². The summed E-state index contributed by atoms with van der Waals surface area (Å²) in [6.07, 6.45) is -5.27. The van der Waals surface area contributed by atoms with Crippen molar-refractivity contribution in [2.45, 2.75) is 24.1 Å². The van der Waals surface area contributed by atoms with E-state index in [9.17, 15) is 23.1 Å². The van der Waals surface area contributed by atoms with Crippen LogP contribution in [0.4, 0.5) is 13.2 Å². The van der Waals surface area contributed by atoms with Gasteiger partial charge in [0.05, 0.1) is 32.6 Å². The lowest BCUT2D eigenvalue weighted by Gasteiger charge is -2.31. The van der Waals surface area contributed by atoms with Crippen LogP contribution in [0.1, 0.15) is 28.5 Å². The quantitative estimate of drug-likeness (QED) is 0.179. The molecule has 1 aliphatic heterocycles. The standard InChI is InChI=1S/C22H23ClF3N5O6/c1-20(9-29-31-27)11-37-17-13(20)8-16(30-18(17)23)21(34,22(24,25)26)10-28-19(33)12-3-4-14(36-6-5-32)15(7-12)35-2/h3-4,7-8,32,34H,5-6,9-11H2,1-2H3,(H,28,33). The van der Waals surface area contributed by atoms with Gasteiger partial charge in [0.25, 0.3) is 5.91 Å². The number of hydrogen-bond donors (Lipinski definition) is 3. The van der Waals surface area contributed by atoms with E-state index in [2.05, 4.69) is 20.3 Å². The number of methoxy groups -OCH3 is 1. The minimum Gasteiger partial charge on any atom is -0.493 e. The SMILES string of the molecule is COc1cc(C(=O)NCC(O)(c2cc3c(c(Cl)n2)OCC3(C)CN=[N+]=[N-])C(F)(F)F)ccc1OCCO. The number of aliphatic hydroxyl groups is 2. The zero-order chi connectivity index (χ0) is 27.4. The van der Waals surface area contributed by atoms with Crippen LogP contribution in [-0.2, 0) is 11.0 Å². The molecule has 1 aromatic heterocycles. The minimum atomic E-state index is -5.27. The number of carbonyl (C=O) groups excluding carboxylic acids is 1. The molecule has 11 nitrogen and oxygen atoms in total. The predicted molar refractivity (Wildman–Crippen MR) is 124 cm³/mol. The van der Waals surface area contributed by atoms with Crippen LogP contribution >= 0.6 is 11.6 Å². The second kappa shape index (κ2) is 10.9. The van der Waals surface area contributed by atoms with Gasteiger partial charge in [0, 0.05) is 28.0 Å². The third-order valence-corrected chi connectivity index (χ3v) is 6.03. The van der Waals surface area contributed by atoms with Crippen LogP contribution in [0.25, 0.3) is 10.4 Å². The Morgan fingerprint density at radius 2 is 2.11 bits per heavy atom. The number of benzene rings is 1. The van der Waals surface area contributed by atoms with Gasteiger partial charge in [-0.1, -0.05) is 23.6 Å². The van der Waals surface area contributed by atoms with Crippen molar-refractivity contribution in [3.8, 4) is 17.2 Å². The largest absolute Gasteiger partial charge is 0.493 e. The lowest BCUT2D eigenvalue weighted by molar-refractivity contribution is -0.265. The van der Waals surface area contributed by atoms with Gasteiger partial charge in [0.15, 0.2) is 22.4 Å². The third-order valence-electron chi connectivity index (χ3n) is 5.77. The number of amides is 1. The summed E-state index contributed by atoms with van der Waals surface area (Å²) in [5, 5.41) is 24.8. The van der Waals surface area contributed by atoms with E-state index in [0.29, 0.717) is 0 Å². The van der Waals surface area contributed by atoms with E-state index in [1.807, 2.05) is 0 Å². The second-order valence-corrected chi connectivity index (χ2v) is 8.75.